The van der Waals surface area contributed by atoms with Crippen LogP contribution in [0.5, 0.6) is 0 Å². The summed E-state index contributed by atoms with van der Waals surface area (Å²) < 4.78 is 3.89. The van der Waals surface area contributed by atoms with E-state index in [9.17, 15) is 28.8 Å². The van der Waals surface area contributed by atoms with Crippen LogP contribution in [0.2, 0.25) is 30.1 Å². The van der Waals surface area contributed by atoms with E-state index in [0.29, 0.717) is 60.1 Å². The molecular formula is C37H32Cl7N5O8. The third-order valence-electron chi connectivity index (χ3n) is 6.96. The Labute approximate surface area is 361 Å². The number of carboxylic acid groups (broad SMARTS) is 1. The van der Waals surface area contributed by atoms with Crippen molar-refractivity contribution in [2.24, 2.45) is 5.73 Å². The van der Waals surface area contributed by atoms with Gasteiger partial charge in [-0.25, -0.2) is 14.6 Å². The molecule has 5 aromatic rings. The summed E-state index contributed by atoms with van der Waals surface area (Å²) in [5, 5.41) is 15.1. The first-order valence-electron chi connectivity index (χ1n) is 16.0. The molecule has 1 heterocycles. The summed E-state index contributed by atoms with van der Waals surface area (Å²) >= 11 is 39.4. The third kappa shape index (κ3) is 17.7. The predicted molar refractivity (Wildman–Crippen MR) is 221 cm³/mol. The highest BCUT2D eigenvalue weighted by Gasteiger charge is 2.15. The lowest BCUT2D eigenvalue weighted by Crippen LogP contribution is -2.30. The fourth-order valence-corrected chi connectivity index (χ4v) is 5.61. The van der Waals surface area contributed by atoms with E-state index >= 15 is 0 Å². The van der Waals surface area contributed by atoms with E-state index in [1.807, 2.05) is 30.3 Å². The number of hydrogen-bond acceptors (Lipinski definition) is 9. The van der Waals surface area contributed by atoms with Crippen LogP contribution in [0.4, 0.5) is 0 Å². The number of imidazole rings is 1. The van der Waals surface area contributed by atoms with Gasteiger partial charge in [0.15, 0.2) is 0 Å². The minimum atomic E-state index is -1.53. The highest BCUT2D eigenvalue weighted by molar-refractivity contribution is 6.80. The molecule has 0 aliphatic carbocycles. The molecule has 0 aliphatic rings. The number of para-hydroxylation sites is 2. The molecule has 0 radical (unpaired) electrons. The Hall–Kier alpha value is -4.44. The number of hydrogen-bond donors (Lipinski definition) is 5. The first-order chi connectivity index (χ1) is 26.9. The van der Waals surface area contributed by atoms with E-state index in [4.69, 9.17) is 80.4 Å². The lowest BCUT2D eigenvalue weighted by atomic mass is 10.2. The number of benzene rings is 4. The second-order valence-corrected chi connectivity index (χ2v) is 13.8. The standard InChI is InChI=1S/C18H15Cl2N3O2.C9H7Cl2NO3.C7H7Cl2N.C3H3ClO3/c19-12-6-5-11(13(20)9-12)10-21-18(25)16(24)7-8-17-22-14-3-1-2-4-15(14)23-17;10-6-2-1-5(7(11)3-6)4-12-8(13)9(14)15;8-6-2-1-5(4-10)7(9)3-6;1-7-3(6)2(4)5/h1-6,9H,7-8,10H2,(H,21,25)(H,22,23);1-3H,4H2,(H,12,13)(H,14,15);1-3H,4,10H2;1H3. The summed E-state index contributed by atoms with van der Waals surface area (Å²) in [6, 6.07) is 22.6. The smallest absolute Gasteiger partial charge is 0.394 e. The molecule has 0 atom stereocenters. The molecule has 0 saturated carbocycles. The average Bonchev–Trinajstić information content (AvgIpc) is 3.59. The van der Waals surface area contributed by atoms with Gasteiger partial charge in [-0.15, -0.1) is 0 Å². The van der Waals surface area contributed by atoms with Crippen molar-refractivity contribution in [2.75, 3.05) is 7.11 Å². The first-order valence-corrected chi connectivity index (χ1v) is 18.7. The number of aromatic nitrogens is 2. The zero-order valence-electron chi connectivity index (χ0n) is 29.5. The number of fused-ring (bicyclic) bond motifs is 1. The van der Waals surface area contributed by atoms with Gasteiger partial charge in [0.05, 0.1) is 18.1 Å². The molecule has 0 bridgehead atoms. The molecule has 6 N–H and O–H groups in total. The number of carboxylic acids is 1. The molecule has 0 unspecified atom stereocenters. The number of ketones is 1. The van der Waals surface area contributed by atoms with Gasteiger partial charge in [-0.3, -0.25) is 19.2 Å². The van der Waals surface area contributed by atoms with Crippen molar-refractivity contribution < 1.29 is 38.6 Å². The van der Waals surface area contributed by atoms with Gasteiger partial charge in [0.25, 0.3) is 5.91 Å². The number of nitrogens with two attached hydrogens (primary N) is 1. The Morgan fingerprint density at radius 1 is 0.719 bits per heavy atom. The third-order valence-corrected chi connectivity index (χ3v) is 8.88. The molecule has 0 aliphatic heterocycles. The Morgan fingerprint density at radius 3 is 1.60 bits per heavy atom. The molecule has 20 heteroatoms. The SMILES string of the molecule is COC(=O)C(=O)Cl.NCc1ccc(Cl)cc1Cl.O=C(CCc1nc2ccccc2[nH]1)C(=O)NCc1ccc(Cl)cc1Cl.O=C(O)C(=O)NCc1ccc(Cl)cc1Cl. The van der Waals surface area contributed by atoms with Crippen LogP contribution in [0.1, 0.15) is 28.9 Å². The zero-order chi connectivity index (χ0) is 42.7. The van der Waals surface area contributed by atoms with Crippen molar-refractivity contribution in [3.8, 4) is 0 Å². The Morgan fingerprint density at radius 2 is 1.19 bits per heavy atom. The fraction of sp³-hybridized carbons (Fsp3) is 0.162. The Kier molecular flexibility index (Phi) is 21.4. The number of halogens is 7. The average molecular weight is 923 g/mol. The molecule has 4 aromatic carbocycles. The monoisotopic (exact) mass is 919 g/mol. The van der Waals surface area contributed by atoms with Gasteiger partial charge in [-0.2, -0.15) is 0 Å². The maximum atomic E-state index is 12.0. The van der Waals surface area contributed by atoms with Crippen LogP contribution >= 0.6 is 81.2 Å². The van der Waals surface area contributed by atoms with Crippen molar-refractivity contribution in [2.45, 2.75) is 32.5 Å². The minimum absolute atomic E-state index is 0.0567. The van der Waals surface area contributed by atoms with E-state index in [2.05, 4.69) is 36.9 Å². The number of carbonyl (C=O) groups is 6. The topological polar surface area (TPSA) is 211 Å². The second-order valence-electron chi connectivity index (χ2n) is 11.0. The van der Waals surface area contributed by atoms with E-state index in [1.54, 1.807) is 42.5 Å². The summed E-state index contributed by atoms with van der Waals surface area (Å²) in [5.41, 5.74) is 9.35. The summed E-state index contributed by atoms with van der Waals surface area (Å²) in [5.74, 6) is -4.07. The molecule has 1 aromatic heterocycles. The van der Waals surface area contributed by atoms with Crippen molar-refractivity contribution in [1.29, 1.82) is 0 Å². The summed E-state index contributed by atoms with van der Waals surface area (Å²) in [4.78, 5) is 71.8. The lowest BCUT2D eigenvalue weighted by Gasteiger charge is -2.06. The molecule has 0 fully saturated rings. The van der Waals surface area contributed by atoms with Crippen LogP contribution in [0, 0.1) is 0 Å². The highest BCUT2D eigenvalue weighted by Crippen LogP contribution is 2.22. The zero-order valence-corrected chi connectivity index (χ0v) is 34.8. The van der Waals surface area contributed by atoms with Gasteiger partial charge < -0.3 is 31.2 Å². The molecule has 57 heavy (non-hydrogen) atoms. The molecule has 2 amide bonds. The van der Waals surface area contributed by atoms with Gasteiger partial charge in [0.2, 0.25) is 5.78 Å². The maximum absolute atomic E-state index is 12.0. The number of nitrogens with one attached hydrogen (secondary N) is 3. The molecular weight excluding hydrogens is 891 g/mol. The summed E-state index contributed by atoms with van der Waals surface area (Å²) in [7, 11) is 1.09. The number of Topliss-reactive ketones (excluding diaryl/α,β-unsaturated/α-hetero) is 1. The number of ether oxygens (including phenoxy) is 1. The van der Waals surface area contributed by atoms with Crippen molar-refractivity contribution >= 4 is 127 Å². The number of aromatic amines is 1. The van der Waals surface area contributed by atoms with Crippen molar-refractivity contribution in [3.05, 3.63) is 132 Å². The minimum Gasteiger partial charge on any atom is -0.474 e. The van der Waals surface area contributed by atoms with Crippen molar-refractivity contribution in [1.82, 2.24) is 20.6 Å². The quantitative estimate of drug-likeness (QED) is 0.0522. The van der Waals surface area contributed by atoms with E-state index in [-0.39, 0.29) is 19.5 Å². The number of methoxy groups -OCH3 is 1. The maximum Gasteiger partial charge on any atom is 0.394 e. The molecule has 0 saturated heterocycles. The predicted octanol–water partition coefficient (Wildman–Crippen LogP) is 7.76. The van der Waals surface area contributed by atoms with Crippen LogP contribution in [-0.2, 0) is 59.6 Å². The van der Waals surface area contributed by atoms with E-state index in [0.717, 1.165) is 23.7 Å². The number of aliphatic carboxylic acids is 1. The fourth-order valence-electron chi connectivity index (χ4n) is 4.09. The summed E-state index contributed by atoms with van der Waals surface area (Å²) in [6.45, 7) is 0.683. The van der Waals surface area contributed by atoms with Crippen LogP contribution < -0.4 is 16.4 Å². The lowest BCUT2D eigenvalue weighted by molar-refractivity contribution is -0.150. The number of nitrogens with zero attached hydrogens (tertiary/aromatic N) is 1. The van der Waals surface area contributed by atoms with Crippen LogP contribution in [0.25, 0.3) is 11.0 Å². The van der Waals surface area contributed by atoms with Crippen LogP contribution in [0.3, 0.4) is 0 Å². The number of H-pyrrole nitrogens is 1. The van der Waals surface area contributed by atoms with E-state index < -0.39 is 34.8 Å². The van der Waals surface area contributed by atoms with Gasteiger partial charge in [0.1, 0.15) is 5.82 Å². The number of carbonyl (C=O) groups excluding carboxylic acids is 5. The van der Waals surface area contributed by atoms with Gasteiger partial charge in [-0.1, -0.05) is 99.9 Å². The second kappa shape index (κ2) is 25.0. The van der Waals surface area contributed by atoms with Gasteiger partial charge in [0, 0.05) is 62.6 Å². The molecule has 13 nitrogen and oxygen atoms in total. The number of rotatable bonds is 10. The van der Waals surface area contributed by atoms with Gasteiger partial charge in [-0.05, 0) is 76.8 Å². The first kappa shape index (κ1) is 48.7. The summed E-state index contributed by atoms with van der Waals surface area (Å²) in [6.07, 6.45) is 0.461. The number of amides is 2. The van der Waals surface area contributed by atoms with E-state index in [1.165, 1.54) is 6.07 Å². The molecule has 302 valence electrons. The van der Waals surface area contributed by atoms with Crippen molar-refractivity contribution in [3.63, 3.8) is 0 Å². The molecule has 0 spiro atoms. The normalized spacial score (nSPS) is 9.98. The van der Waals surface area contributed by atoms with Crippen LogP contribution in [0.15, 0.2) is 78.9 Å². The number of aryl methyl sites for hydroxylation is 1. The Balaban J connectivity index is 0.000000297. The number of esters is 1. The van der Waals surface area contributed by atoms with Gasteiger partial charge >= 0.3 is 23.1 Å². The highest BCUT2D eigenvalue weighted by atomic mass is 35.5. The van der Waals surface area contributed by atoms with Crippen LogP contribution in [-0.4, -0.2) is 57.0 Å². The Bertz CT molecular complexity index is 2190. The molecule has 5 rings (SSSR count). The largest absolute Gasteiger partial charge is 0.474 e.